The average Bonchev–Trinajstić information content (AvgIpc) is 2.89. The summed E-state index contributed by atoms with van der Waals surface area (Å²) < 4.78 is 0. The van der Waals surface area contributed by atoms with Crippen LogP contribution in [0, 0.1) is 10.1 Å². The first-order valence-corrected chi connectivity index (χ1v) is 12.5. The standard InChI is InChI=1S/C13H8Cl2N2O4.C13H10Cl2N2O2/c14-7-1-4-12(18)9(5-7)13(19)16-11-3-2-8(17(20)21)6-10(11)15;14-7-1-4-12(18)9(5-7)13(19)17-11-3-2-8(16)6-10(11)15/h1-6,18H,(H,16,19);1-6,18H,16H2,(H,17,19). The number of rotatable bonds is 5. The maximum Gasteiger partial charge on any atom is 0.271 e. The van der Waals surface area contributed by atoms with E-state index in [1.807, 2.05) is 0 Å². The molecule has 0 aliphatic heterocycles. The fourth-order valence-electron chi connectivity index (χ4n) is 3.11. The van der Waals surface area contributed by atoms with Gasteiger partial charge in [0.05, 0.1) is 37.5 Å². The van der Waals surface area contributed by atoms with Crippen LogP contribution in [0.3, 0.4) is 0 Å². The lowest BCUT2D eigenvalue weighted by Crippen LogP contribution is -2.12. The number of amides is 2. The molecule has 206 valence electrons. The molecule has 0 bridgehead atoms. The van der Waals surface area contributed by atoms with E-state index in [1.165, 1.54) is 54.6 Å². The molecule has 6 N–H and O–H groups in total. The summed E-state index contributed by atoms with van der Waals surface area (Å²) in [5.74, 6) is -1.54. The Labute approximate surface area is 247 Å². The molecule has 0 spiro atoms. The second-order valence-corrected chi connectivity index (χ2v) is 9.58. The van der Waals surface area contributed by atoms with Crippen molar-refractivity contribution in [2.24, 2.45) is 0 Å². The molecule has 2 amide bonds. The number of nitro benzene ring substituents is 1. The number of nitrogens with zero attached hydrogens (tertiary/aromatic N) is 1. The van der Waals surface area contributed by atoms with Gasteiger partial charge in [-0.15, -0.1) is 0 Å². The number of carbonyl (C=O) groups is 2. The zero-order valence-corrected chi connectivity index (χ0v) is 23.0. The van der Waals surface area contributed by atoms with Crippen molar-refractivity contribution in [2.75, 3.05) is 16.4 Å². The van der Waals surface area contributed by atoms with E-state index in [9.17, 15) is 29.9 Å². The predicted octanol–water partition coefficient (Wildman–Crippen LogP) is 7.39. The Hall–Kier alpha value is -4.22. The SMILES string of the molecule is Nc1ccc(NC(=O)c2cc(Cl)ccc2O)c(Cl)c1.O=C(Nc1ccc([N+](=O)[O-])cc1Cl)c1cc(Cl)ccc1O. The fourth-order valence-corrected chi connectivity index (χ4v) is 3.91. The van der Waals surface area contributed by atoms with Gasteiger partial charge in [-0.2, -0.15) is 0 Å². The van der Waals surface area contributed by atoms with Crippen LogP contribution in [0.1, 0.15) is 20.7 Å². The summed E-state index contributed by atoms with van der Waals surface area (Å²) in [7, 11) is 0. The highest BCUT2D eigenvalue weighted by Gasteiger charge is 2.16. The van der Waals surface area contributed by atoms with Crippen molar-refractivity contribution in [1.29, 1.82) is 0 Å². The molecule has 4 rings (SSSR count). The molecule has 0 heterocycles. The number of nitro groups is 1. The maximum atomic E-state index is 12.0. The second kappa shape index (κ2) is 13.2. The van der Waals surface area contributed by atoms with Crippen molar-refractivity contribution in [3.8, 4) is 11.5 Å². The largest absolute Gasteiger partial charge is 0.507 e. The minimum Gasteiger partial charge on any atom is -0.507 e. The number of non-ortho nitro benzene ring substituents is 1. The zero-order valence-electron chi connectivity index (χ0n) is 20.0. The molecule has 4 aromatic rings. The van der Waals surface area contributed by atoms with E-state index >= 15 is 0 Å². The summed E-state index contributed by atoms with van der Waals surface area (Å²) >= 11 is 23.4. The molecule has 0 aliphatic carbocycles. The van der Waals surface area contributed by atoms with Crippen LogP contribution < -0.4 is 16.4 Å². The highest BCUT2D eigenvalue weighted by atomic mass is 35.5. The Morgan fingerprint density at radius 1 is 0.700 bits per heavy atom. The molecule has 0 aromatic heterocycles. The third kappa shape index (κ3) is 7.90. The van der Waals surface area contributed by atoms with Crippen LogP contribution in [-0.2, 0) is 0 Å². The predicted molar refractivity (Wildman–Crippen MR) is 156 cm³/mol. The van der Waals surface area contributed by atoms with Crippen LogP contribution in [0.5, 0.6) is 11.5 Å². The van der Waals surface area contributed by atoms with E-state index in [0.29, 0.717) is 21.4 Å². The number of phenolic OH excluding ortho intramolecular Hbond substituents is 2. The van der Waals surface area contributed by atoms with Crippen LogP contribution in [0.15, 0.2) is 72.8 Å². The van der Waals surface area contributed by atoms with Crippen molar-refractivity contribution >= 4 is 81.0 Å². The van der Waals surface area contributed by atoms with Crippen molar-refractivity contribution in [2.45, 2.75) is 0 Å². The van der Waals surface area contributed by atoms with E-state index in [0.717, 1.165) is 6.07 Å². The van der Waals surface area contributed by atoms with Gasteiger partial charge in [0.15, 0.2) is 0 Å². The summed E-state index contributed by atoms with van der Waals surface area (Å²) in [5.41, 5.74) is 6.49. The van der Waals surface area contributed by atoms with Crippen molar-refractivity contribution in [3.05, 3.63) is 114 Å². The smallest absolute Gasteiger partial charge is 0.271 e. The molecular formula is C26H18Cl4N4O6. The molecule has 0 saturated heterocycles. The summed E-state index contributed by atoms with van der Waals surface area (Å²) in [6.07, 6.45) is 0. The third-order valence-corrected chi connectivity index (χ3v) is 6.16. The molecule has 0 atom stereocenters. The molecule has 0 unspecified atom stereocenters. The van der Waals surface area contributed by atoms with Crippen molar-refractivity contribution in [3.63, 3.8) is 0 Å². The first-order chi connectivity index (χ1) is 18.8. The van der Waals surface area contributed by atoms with Gasteiger partial charge < -0.3 is 26.6 Å². The third-order valence-electron chi connectivity index (χ3n) is 5.06. The second-order valence-electron chi connectivity index (χ2n) is 7.89. The molecular weight excluding hydrogens is 606 g/mol. The number of phenols is 2. The monoisotopic (exact) mass is 622 g/mol. The van der Waals surface area contributed by atoms with Crippen LogP contribution in [0.4, 0.5) is 22.7 Å². The number of hydrogen-bond acceptors (Lipinski definition) is 7. The van der Waals surface area contributed by atoms with Gasteiger partial charge in [-0.3, -0.25) is 19.7 Å². The Balaban J connectivity index is 0.000000222. The minimum atomic E-state index is -0.634. The van der Waals surface area contributed by atoms with Crippen LogP contribution in [0.25, 0.3) is 0 Å². The van der Waals surface area contributed by atoms with Gasteiger partial charge in [0.25, 0.3) is 17.5 Å². The van der Waals surface area contributed by atoms with E-state index in [2.05, 4.69) is 10.6 Å². The summed E-state index contributed by atoms with van der Waals surface area (Å²) in [6, 6.07) is 16.6. The summed E-state index contributed by atoms with van der Waals surface area (Å²) in [6.45, 7) is 0. The van der Waals surface area contributed by atoms with E-state index in [1.54, 1.807) is 12.1 Å². The number of anilines is 3. The molecule has 10 nitrogen and oxygen atoms in total. The molecule has 40 heavy (non-hydrogen) atoms. The minimum absolute atomic E-state index is 0.0130. The van der Waals surface area contributed by atoms with Crippen LogP contribution >= 0.6 is 46.4 Å². The number of aromatic hydroxyl groups is 2. The molecule has 0 fully saturated rings. The van der Waals surface area contributed by atoms with Crippen molar-refractivity contribution in [1.82, 2.24) is 0 Å². The normalized spacial score (nSPS) is 10.2. The number of halogens is 4. The van der Waals surface area contributed by atoms with E-state index < -0.39 is 16.7 Å². The highest BCUT2D eigenvalue weighted by Crippen LogP contribution is 2.29. The first kappa shape index (κ1) is 30.3. The van der Waals surface area contributed by atoms with Gasteiger partial charge >= 0.3 is 0 Å². The zero-order chi connectivity index (χ0) is 29.6. The lowest BCUT2D eigenvalue weighted by molar-refractivity contribution is -0.384. The lowest BCUT2D eigenvalue weighted by Gasteiger charge is -2.09. The van der Waals surface area contributed by atoms with E-state index in [4.69, 9.17) is 52.1 Å². The first-order valence-electron chi connectivity index (χ1n) is 10.9. The highest BCUT2D eigenvalue weighted by molar-refractivity contribution is 6.35. The Morgan fingerprint density at radius 2 is 1.15 bits per heavy atom. The molecule has 14 heteroatoms. The molecule has 4 aromatic carbocycles. The number of hydrogen-bond donors (Lipinski definition) is 5. The average molecular weight is 624 g/mol. The van der Waals surface area contributed by atoms with Gasteiger partial charge in [-0.05, 0) is 60.7 Å². The van der Waals surface area contributed by atoms with Gasteiger partial charge in [0.2, 0.25) is 0 Å². The fraction of sp³-hybridized carbons (Fsp3) is 0. The number of nitrogens with two attached hydrogens (primary N) is 1. The summed E-state index contributed by atoms with van der Waals surface area (Å²) in [4.78, 5) is 34.0. The number of nitrogen functional groups attached to an aromatic ring is 1. The Kier molecular flexibility index (Phi) is 10.0. The molecule has 0 aliphatic rings. The van der Waals surface area contributed by atoms with E-state index in [-0.39, 0.29) is 44.0 Å². The number of nitrogens with one attached hydrogen (secondary N) is 2. The lowest BCUT2D eigenvalue weighted by atomic mass is 10.2. The maximum absolute atomic E-state index is 12.0. The van der Waals surface area contributed by atoms with Crippen LogP contribution in [0.2, 0.25) is 20.1 Å². The van der Waals surface area contributed by atoms with Gasteiger partial charge in [0, 0.05) is 27.9 Å². The van der Waals surface area contributed by atoms with Gasteiger partial charge in [-0.1, -0.05) is 46.4 Å². The molecule has 0 saturated carbocycles. The van der Waals surface area contributed by atoms with Crippen molar-refractivity contribution < 1.29 is 24.7 Å². The molecule has 0 radical (unpaired) electrons. The number of carbonyl (C=O) groups excluding carboxylic acids is 2. The van der Waals surface area contributed by atoms with Gasteiger partial charge in [0.1, 0.15) is 11.5 Å². The summed E-state index contributed by atoms with van der Waals surface area (Å²) in [5, 5.41) is 35.8. The quantitative estimate of drug-likeness (QED) is 0.0876. The Morgan fingerprint density at radius 3 is 1.57 bits per heavy atom. The Bertz CT molecular complexity index is 1620. The van der Waals surface area contributed by atoms with Gasteiger partial charge in [-0.25, -0.2) is 0 Å². The number of benzene rings is 4. The topological polar surface area (TPSA) is 168 Å². The van der Waals surface area contributed by atoms with Crippen LogP contribution in [-0.4, -0.2) is 27.0 Å².